The molecule has 2 N–H and O–H groups in total. The first-order valence-electron chi connectivity index (χ1n) is 7.53. The zero-order chi connectivity index (χ0) is 17.2. The SMILES string of the molecule is Cc1cc(Nc2cccc(C#N)c2)nc(NC2CCS(=O)(=O)C2)n1. The molecule has 124 valence electrons. The van der Waals surface area contributed by atoms with E-state index in [0.29, 0.717) is 23.8 Å². The van der Waals surface area contributed by atoms with Crippen molar-refractivity contribution in [3.8, 4) is 6.07 Å². The lowest BCUT2D eigenvalue weighted by molar-refractivity contribution is 0.602. The van der Waals surface area contributed by atoms with Gasteiger partial charge in [-0.3, -0.25) is 0 Å². The minimum absolute atomic E-state index is 0.108. The number of aromatic nitrogens is 2. The summed E-state index contributed by atoms with van der Waals surface area (Å²) in [4.78, 5) is 8.70. The minimum atomic E-state index is -2.96. The largest absolute Gasteiger partial charge is 0.350 e. The van der Waals surface area contributed by atoms with E-state index in [1.54, 1.807) is 24.3 Å². The van der Waals surface area contributed by atoms with Crippen LogP contribution >= 0.6 is 0 Å². The van der Waals surface area contributed by atoms with Crippen molar-refractivity contribution in [2.24, 2.45) is 0 Å². The highest BCUT2D eigenvalue weighted by Gasteiger charge is 2.28. The Morgan fingerprint density at radius 3 is 2.83 bits per heavy atom. The number of nitriles is 1. The highest BCUT2D eigenvalue weighted by Crippen LogP contribution is 2.20. The molecule has 0 saturated carbocycles. The van der Waals surface area contributed by atoms with E-state index in [9.17, 15) is 8.42 Å². The van der Waals surface area contributed by atoms with E-state index in [-0.39, 0.29) is 17.5 Å². The summed E-state index contributed by atoms with van der Waals surface area (Å²) < 4.78 is 23.1. The molecule has 0 amide bonds. The number of aryl methyl sites for hydroxylation is 1. The smallest absolute Gasteiger partial charge is 0.225 e. The van der Waals surface area contributed by atoms with Crippen molar-refractivity contribution in [3.63, 3.8) is 0 Å². The van der Waals surface area contributed by atoms with E-state index in [2.05, 4.69) is 26.7 Å². The van der Waals surface area contributed by atoms with Gasteiger partial charge >= 0.3 is 0 Å². The van der Waals surface area contributed by atoms with Crippen LogP contribution in [0.3, 0.4) is 0 Å². The highest BCUT2D eigenvalue weighted by molar-refractivity contribution is 7.91. The van der Waals surface area contributed by atoms with Gasteiger partial charge in [-0.2, -0.15) is 10.2 Å². The van der Waals surface area contributed by atoms with Gasteiger partial charge in [0.15, 0.2) is 9.84 Å². The Hall–Kier alpha value is -2.66. The number of hydrogen-bond acceptors (Lipinski definition) is 7. The molecule has 1 atom stereocenters. The fourth-order valence-corrected chi connectivity index (χ4v) is 4.28. The van der Waals surface area contributed by atoms with Crippen LogP contribution < -0.4 is 10.6 Å². The monoisotopic (exact) mass is 343 g/mol. The molecule has 1 aromatic carbocycles. The van der Waals surface area contributed by atoms with Crippen LogP contribution in [0.4, 0.5) is 17.5 Å². The van der Waals surface area contributed by atoms with E-state index in [1.807, 2.05) is 13.0 Å². The zero-order valence-corrected chi connectivity index (χ0v) is 14.0. The lowest BCUT2D eigenvalue weighted by atomic mass is 10.2. The summed E-state index contributed by atoms with van der Waals surface area (Å²) in [6.45, 7) is 1.84. The molecule has 2 aromatic rings. The van der Waals surface area contributed by atoms with Crippen molar-refractivity contribution < 1.29 is 8.42 Å². The third-order valence-corrected chi connectivity index (χ3v) is 5.45. The van der Waals surface area contributed by atoms with Gasteiger partial charge in [0.1, 0.15) is 5.82 Å². The number of rotatable bonds is 4. The van der Waals surface area contributed by atoms with Crippen molar-refractivity contribution in [2.45, 2.75) is 19.4 Å². The maximum atomic E-state index is 11.5. The highest BCUT2D eigenvalue weighted by atomic mass is 32.2. The van der Waals surface area contributed by atoms with Gasteiger partial charge in [-0.25, -0.2) is 13.4 Å². The molecule has 3 rings (SSSR count). The maximum Gasteiger partial charge on any atom is 0.225 e. The van der Waals surface area contributed by atoms with Crippen LogP contribution in [0.2, 0.25) is 0 Å². The molecule has 1 aromatic heterocycles. The number of anilines is 3. The van der Waals surface area contributed by atoms with Crippen LogP contribution in [0.1, 0.15) is 17.7 Å². The summed E-state index contributed by atoms with van der Waals surface area (Å²) in [5.74, 6) is 1.29. The Kier molecular flexibility index (Phi) is 4.36. The first kappa shape index (κ1) is 16.2. The van der Waals surface area contributed by atoms with E-state index >= 15 is 0 Å². The average molecular weight is 343 g/mol. The van der Waals surface area contributed by atoms with Crippen LogP contribution in [-0.2, 0) is 9.84 Å². The maximum absolute atomic E-state index is 11.5. The van der Waals surface area contributed by atoms with Gasteiger partial charge in [0.2, 0.25) is 5.95 Å². The fourth-order valence-electron chi connectivity index (χ4n) is 2.60. The van der Waals surface area contributed by atoms with Crippen molar-refractivity contribution in [2.75, 3.05) is 22.1 Å². The van der Waals surface area contributed by atoms with Crippen molar-refractivity contribution in [3.05, 3.63) is 41.6 Å². The van der Waals surface area contributed by atoms with Gasteiger partial charge in [0.05, 0.1) is 23.1 Å². The Morgan fingerprint density at radius 2 is 2.12 bits per heavy atom. The molecule has 7 nitrogen and oxygen atoms in total. The molecule has 1 saturated heterocycles. The lowest BCUT2D eigenvalue weighted by Gasteiger charge is -2.13. The fraction of sp³-hybridized carbons (Fsp3) is 0.312. The molecule has 8 heteroatoms. The van der Waals surface area contributed by atoms with Gasteiger partial charge in [-0.1, -0.05) is 6.07 Å². The molecule has 1 fully saturated rings. The third-order valence-electron chi connectivity index (χ3n) is 3.68. The standard InChI is InChI=1S/C16H17N5O2S/c1-11-7-15(19-13-4-2-3-12(8-13)9-17)21-16(18-11)20-14-5-6-24(22,23)10-14/h2-4,7-8,14H,5-6,10H2,1H3,(H2,18,19,20,21). The predicted molar refractivity (Wildman–Crippen MR) is 91.9 cm³/mol. The van der Waals surface area contributed by atoms with Crippen LogP contribution in [0.5, 0.6) is 0 Å². The first-order valence-corrected chi connectivity index (χ1v) is 9.35. The zero-order valence-electron chi connectivity index (χ0n) is 13.2. The Labute approximate surface area is 140 Å². The van der Waals surface area contributed by atoms with E-state index in [4.69, 9.17) is 5.26 Å². The Bertz CT molecular complexity index is 905. The summed E-state index contributed by atoms with van der Waals surface area (Å²) in [6.07, 6.45) is 0.562. The van der Waals surface area contributed by atoms with Gasteiger partial charge in [-0.05, 0) is 31.5 Å². The van der Waals surface area contributed by atoms with E-state index in [1.165, 1.54) is 0 Å². The number of benzene rings is 1. The predicted octanol–water partition coefficient (Wildman–Crippen LogP) is 2.00. The summed E-state index contributed by atoms with van der Waals surface area (Å²) >= 11 is 0. The molecular weight excluding hydrogens is 326 g/mol. The van der Waals surface area contributed by atoms with Crippen LogP contribution in [0.15, 0.2) is 30.3 Å². The first-order chi connectivity index (χ1) is 11.4. The number of nitrogens with one attached hydrogen (secondary N) is 2. The minimum Gasteiger partial charge on any atom is -0.350 e. The molecule has 0 bridgehead atoms. The van der Waals surface area contributed by atoms with Gasteiger partial charge < -0.3 is 10.6 Å². The normalized spacial score (nSPS) is 18.8. The van der Waals surface area contributed by atoms with E-state index in [0.717, 1.165) is 11.4 Å². The summed E-state index contributed by atoms with van der Waals surface area (Å²) in [6, 6.07) is 10.8. The quantitative estimate of drug-likeness (QED) is 0.874. The molecule has 24 heavy (non-hydrogen) atoms. The Balaban J connectivity index is 1.77. The summed E-state index contributed by atoms with van der Waals surface area (Å²) in [7, 11) is -2.96. The molecule has 1 aliphatic rings. The number of hydrogen-bond donors (Lipinski definition) is 2. The second-order valence-corrected chi connectivity index (χ2v) is 8.01. The lowest BCUT2D eigenvalue weighted by Crippen LogP contribution is -2.22. The van der Waals surface area contributed by atoms with Gasteiger partial charge in [0.25, 0.3) is 0 Å². The Morgan fingerprint density at radius 1 is 1.29 bits per heavy atom. The van der Waals surface area contributed by atoms with Gasteiger partial charge in [0, 0.05) is 23.5 Å². The van der Waals surface area contributed by atoms with Crippen molar-refractivity contribution >= 4 is 27.3 Å². The van der Waals surface area contributed by atoms with Crippen molar-refractivity contribution in [1.29, 1.82) is 5.26 Å². The summed E-state index contributed by atoms with van der Waals surface area (Å²) in [5, 5.41) is 15.2. The summed E-state index contributed by atoms with van der Waals surface area (Å²) in [5.41, 5.74) is 2.06. The molecule has 0 radical (unpaired) electrons. The van der Waals surface area contributed by atoms with Gasteiger partial charge in [-0.15, -0.1) is 0 Å². The number of nitrogens with zero attached hydrogens (tertiary/aromatic N) is 3. The molecule has 2 heterocycles. The third kappa shape index (κ3) is 4.00. The van der Waals surface area contributed by atoms with Crippen LogP contribution in [0, 0.1) is 18.3 Å². The molecule has 0 spiro atoms. The topological polar surface area (TPSA) is 108 Å². The molecular formula is C16H17N5O2S. The second kappa shape index (κ2) is 6.45. The van der Waals surface area contributed by atoms with Crippen LogP contribution in [-0.4, -0.2) is 35.9 Å². The molecule has 0 aliphatic carbocycles. The van der Waals surface area contributed by atoms with Crippen molar-refractivity contribution in [1.82, 2.24) is 9.97 Å². The van der Waals surface area contributed by atoms with Crippen LogP contribution in [0.25, 0.3) is 0 Å². The average Bonchev–Trinajstić information content (AvgIpc) is 2.85. The molecule has 1 aliphatic heterocycles. The number of sulfone groups is 1. The van der Waals surface area contributed by atoms with E-state index < -0.39 is 9.84 Å². The molecule has 1 unspecified atom stereocenters. The second-order valence-electron chi connectivity index (χ2n) is 5.78.